The summed E-state index contributed by atoms with van der Waals surface area (Å²) in [5, 5.41) is 63.8. The van der Waals surface area contributed by atoms with E-state index < -0.39 is 121 Å². The molecule has 3 aromatic rings. The Morgan fingerprint density at radius 2 is 1.57 bits per heavy atom. The molecular formula is C45H55N3O14S. The lowest BCUT2D eigenvalue weighted by Crippen LogP contribution is -2.46. The van der Waals surface area contributed by atoms with Crippen LogP contribution in [0.1, 0.15) is 75.5 Å². The van der Waals surface area contributed by atoms with E-state index in [0.29, 0.717) is 0 Å². The Kier molecular flexibility index (Phi) is 14.4. The highest BCUT2D eigenvalue weighted by Crippen LogP contribution is 2.55. The summed E-state index contributed by atoms with van der Waals surface area (Å²) in [4.78, 5) is 42.4. The third-order valence-corrected chi connectivity index (χ3v) is 13.0. The molecule has 17 nitrogen and oxygen atoms in total. The zero-order chi connectivity index (χ0) is 46.9. The fraction of sp³-hybridized carbons (Fsp3) is 0.422. The van der Waals surface area contributed by atoms with Gasteiger partial charge in [0.2, 0.25) is 0 Å². The molecule has 0 radical (unpaired) electrons. The van der Waals surface area contributed by atoms with E-state index in [1.807, 2.05) is 4.83 Å². The first-order valence-corrected chi connectivity index (χ1v) is 21.6. The number of hydrogen-bond donors (Lipinski definition) is 7. The number of hydrogen-bond acceptors (Lipinski definition) is 15. The second kappa shape index (κ2) is 18.8. The number of rotatable bonds is 6. The number of nitrogens with zero attached hydrogens (tertiary/aromatic N) is 1. The van der Waals surface area contributed by atoms with Crippen molar-refractivity contribution >= 4 is 50.4 Å². The van der Waals surface area contributed by atoms with E-state index >= 15 is 0 Å². The second-order valence-electron chi connectivity index (χ2n) is 16.3. The van der Waals surface area contributed by atoms with E-state index in [1.54, 1.807) is 52.8 Å². The molecule has 18 heteroatoms. The van der Waals surface area contributed by atoms with E-state index in [4.69, 9.17) is 18.9 Å². The van der Waals surface area contributed by atoms with Crippen LogP contribution in [0.5, 0.6) is 23.0 Å². The Hall–Kier alpha value is -5.95. The lowest BCUT2D eigenvalue weighted by atomic mass is 9.78. The largest absolute Gasteiger partial charge is 0.507 e. The van der Waals surface area contributed by atoms with Crippen LogP contribution in [-0.4, -0.2) is 95.1 Å². The van der Waals surface area contributed by atoms with E-state index in [2.05, 4.69) is 10.4 Å². The highest BCUT2D eigenvalue weighted by atomic mass is 32.2. The topological polar surface area (TPSA) is 260 Å². The maximum absolute atomic E-state index is 14.4. The quantitative estimate of drug-likeness (QED) is 0.0540. The van der Waals surface area contributed by atoms with Crippen LogP contribution in [0.15, 0.2) is 70.4 Å². The van der Waals surface area contributed by atoms with Crippen molar-refractivity contribution < 1.29 is 67.3 Å². The molecule has 3 aromatic carbocycles. The average Bonchev–Trinajstić information content (AvgIpc) is 3.50. The summed E-state index contributed by atoms with van der Waals surface area (Å²) in [7, 11) is -2.87. The minimum atomic E-state index is -4.27. The Balaban J connectivity index is 1.72. The number of ketones is 1. The van der Waals surface area contributed by atoms with Crippen molar-refractivity contribution in [3.05, 3.63) is 82.7 Å². The number of ether oxygens (including phenoxy) is 4. The van der Waals surface area contributed by atoms with Crippen molar-refractivity contribution in [2.24, 2.45) is 28.8 Å². The number of phenolic OH excluding ortho intramolecular Hbond substituents is 3. The normalized spacial score (nSPS) is 29.1. The number of aliphatic hydroxyl groups is 2. The number of methoxy groups -OCH3 is 1. The third-order valence-electron chi connectivity index (χ3n) is 11.7. The number of hydrazone groups is 1. The Labute approximate surface area is 365 Å². The summed E-state index contributed by atoms with van der Waals surface area (Å²) in [5.41, 5.74) is -0.495. The van der Waals surface area contributed by atoms with Crippen LogP contribution >= 0.6 is 0 Å². The molecule has 0 fully saturated rings. The highest BCUT2D eigenvalue weighted by molar-refractivity contribution is 7.89. The summed E-state index contributed by atoms with van der Waals surface area (Å²) in [6.07, 6.45) is 3.83. The number of nitrogens with one attached hydrogen (secondary N) is 2. The van der Waals surface area contributed by atoms with Crippen molar-refractivity contribution in [1.82, 2.24) is 4.83 Å². The van der Waals surface area contributed by atoms with Crippen molar-refractivity contribution in [2.75, 3.05) is 12.4 Å². The van der Waals surface area contributed by atoms with Crippen LogP contribution in [0, 0.1) is 37.5 Å². The molecule has 0 unspecified atom stereocenters. The molecule has 3 aliphatic rings. The fourth-order valence-electron chi connectivity index (χ4n) is 7.80. The number of benzene rings is 3. The number of aliphatic hydroxyl groups excluding tert-OH is 2. The van der Waals surface area contributed by atoms with Gasteiger partial charge in [-0.15, -0.1) is 0 Å². The molecule has 3 heterocycles. The van der Waals surface area contributed by atoms with Gasteiger partial charge in [-0.1, -0.05) is 63.6 Å². The molecule has 3 aliphatic heterocycles. The van der Waals surface area contributed by atoms with Gasteiger partial charge in [-0.2, -0.15) is 13.5 Å². The molecule has 0 aromatic heterocycles. The monoisotopic (exact) mass is 893 g/mol. The lowest BCUT2D eigenvalue weighted by Gasteiger charge is -2.38. The van der Waals surface area contributed by atoms with Crippen molar-refractivity contribution in [3.8, 4) is 23.0 Å². The number of carbonyl (C=O) groups is 3. The molecule has 1 amide bonds. The minimum Gasteiger partial charge on any atom is -0.507 e. The van der Waals surface area contributed by atoms with Gasteiger partial charge in [0.1, 0.15) is 23.4 Å². The number of Topliss-reactive ketones (excluding diaryl/α,β-unsaturated/α-hetero) is 1. The molecule has 0 aliphatic carbocycles. The number of phenols is 3. The van der Waals surface area contributed by atoms with Gasteiger partial charge in [0.15, 0.2) is 5.75 Å². The number of aromatic hydroxyl groups is 3. The van der Waals surface area contributed by atoms with Crippen LogP contribution in [0.3, 0.4) is 0 Å². The number of sulfonamides is 1. The molecule has 5 bridgehead atoms. The fourth-order valence-corrected chi connectivity index (χ4v) is 8.59. The number of amides is 1. The smallest absolute Gasteiger partial charge is 0.312 e. The average molecular weight is 894 g/mol. The minimum absolute atomic E-state index is 0.0427. The Bertz CT molecular complexity index is 2520. The van der Waals surface area contributed by atoms with Gasteiger partial charge < -0.3 is 49.8 Å². The maximum Gasteiger partial charge on any atom is 0.312 e. The Morgan fingerprint density at radius 1 is 0.921 bits per heavy atom. The molecular weight excluding hydrogens is 839 g/mol. The van der Waals surface area contributed by atoms with Crippen LogP contribution in [0.2, 0.25) is 0 Å². The first-order chi connectivity index (χ1) is 29.5. The number of fused-ring (bicyclic) bond motifs is 14. The number of anilines is 1. The van der Waals surface area contributed by atoms with Gasteiger partial charge in [0.25, 0.3) is 21.7 Å². The molecule has 6 rings (SSSR count). The van der Waals surface area contributed by atoms with E-state index in [0.717, 1.165) is 18.0 Å². The first-order valence-electron chi connectivity index (χ1n) is 20.2. The van der Waals surface area contributed by atoms with Gasteiger partial charge in [-0.3, -0.25) is 14.4 Å². The van der Waals surface area contributed by atoms with Gasteiger partial charge >= 0.3 is 11.8 Å². The second-order valence-corrected chi connectivity index (χ2v) is 17.9. The van der Waals surface area contributed by atoms with Crippen LogP contribution in [0.4, 0.5) is 5.69 Å². The maximum atomic E-state index is 14.4. The lowest BCUT2D eigenvalue weighted by molar-refractivity contribution is -0.160. The van der Waals surface area contributed by atoms with Crippen LogP contribution in [-0.2, 0) is 33.8 Å². The van der Waals surface area contributed by atoms with Crippen molar-refractivity contribution in [2.45, 2.75) is 97.4 Å². The van der Waals surface area contributed by atoms with Gasteiger partial charge in [0, 0.05) is 61.2 Å². The zero-order valence-electron chi connectivity index (χ0n) is 36.7. The molecule has 0 saturated heterocycles. The van der Waals surface area contributed by atoms with Crippen LogP contribution in [0.25, 0.3) is 10.8 Å². The number of esters is 1. The molecule has 340 valence electrons. The predicted molar refractivity (Wildman–Crippen MR) is 233 cm³/mol. The van der Waals surface area contributed by atoms with E-state index in [9.17, 15) is 48.3 Å². The predicted octanol–water partition coefficient (Wildman–Crippen LogP) is 5.37. The first kappa shape index (κ1) is 48.1. The van der Waals surface area contributed by atoms with Crippen LogP contribution < -0.4 is 14.9 Å². The Morgan fingerprint density at radius 3 is 2.19 bits per heavy atom. The molecule has 9 atom stereocenters. The van der Waals surface area contributed by atoms with Crippen molar-refractivity contribution in [1.29, 1.82) is 0 Å². The summed E-state index contributed by atoms with van der Waals surface area (Å²) >= 11 is 0. The molecule has 0 spiro atoms. The van der Waals surface area contributed by atoms with E-state index in [1.165, 1.54) is 65.2 Å². The zero-order valence-corrected chi connectivity index (χ0v) is 37.5. The standard InChI is InChI=1S/C45H55N3O14S/c1-21-14-16-29(17-15-21)63(57,58)48-46-20-30-35-40(54)33-32(39(30)53)34-42(27(7)38(33)52)62-45(9,43(34)55)60-19-18-31(59-10)24(4)41(61-28(8)49)26(6)37(51)25(5)36(50)22(2)12-11-13-23(3)44(56)47-35/h11-20,22,24-26,31,36-37,41,48,50-54H,1-10H3,(H,47,56)/b12-11+,19-18+,23-13-,46-20+/t22-,24+,25+,26+,31-,36-,37+,41+,45-/m0/s1. The van der Waals surface area contributed by atoms with Gasteiger partial charge in [0.05, 0.1) is 57.9 Å². The summed E-state index contributed by atoms with van der Waals surface area (Å²) < 4.78 is 49.7. The summed E-state index contributed by atoms with van der Waals surface area (Å²) in [6.45, 7) is 13.9. The summed E-state index contributed by atoms with van der Waals surface area (Å²) in [5.74, 6) is -9.63. The molecule has 63 heavy (non-hydrogen) atoms. The number of carbonyl (C=O) groups excluding carboxylic acids is 3. The van der Waals surface area contributed by atoms with Gasteiger partial charge in [-0.05, 0) is 39.0 Å². The number of aryl methyl sites for hydroxylation is 1. The SMILES string of the molecule is CO[C@H]1/C=C/O[C@@]2(C)Oc3c(C)c(O)c4c(O)c(c(/C=N/NS(=O)(=O)c5ccc(C)cc5)c(O)c4c3C2=O)NC(=O)/C(C)=C\C=C\[C@H](C)[C@H](O)[C@@H](C)[C@@H](O)[C@@H](C)[C@H](OC(C)=O)[C@@H]1C. The van der Waals surface area contributed by atoms with E-state index in [-0.39, 0.29) is 27.3 Å². The number of allylic oxidation sites excluding steroid dienone is 2. The molecule has 7 N–H and O–H groups in total. The molecule has 0 saturated carbocycles. The highest BCUT2D eigenvalue weighted by Gasteiger charge is 2.50. The van der Waals surface area contributed by atoms with Crippen molar-refractivity contribution in [3.63, 3.8) is 0 Å². The summed E-state index contributed by atoms with van der Waals surface area (Å²) in [6, 6.07) is 5.86. The van der Waals surface area contributed by atoms with Gasteiger partial charge in [-0.25, -0.2) is 4.83 Å². The third kappa shape index (κ3) is 9.53.